The molecule has 1 atom stereocenters. The van der Waals surface area contributed by atoms with E-state index >= 15 is 0 Å². The van der Waals surface area contributed by atoms with Crippen molar-refractivity contribution in [3.05, 3.63) is 35.9 Å². The third kappa shape index (κ3) is 4.28. The molecule has 1 aliphatic rings. The topological polar surface area (TPSA) is 41.3 Å². The number of rotatable bonds is 3. The van der Waals surface area contributed by atoms with E-state index in [1.807, 2.05) is 0 Å². The Bertz CT molecular complexity index is 282. The number of nitrogens with two attached hydrogens (primary N) is 1. The second-order valence-corrected chi connectivity index (χ2v) is 3.87. The van der Waals surface area contributed by atoms with Gasteiger partial charge >= 0.3 is 0 Å². The van der Waals surface area contributed by atoms with Gasteiger partial charge in [-0.2, -0.15) is 0 Å². The van der Waals surface area contributed by atoms with Gasteiger partial charge in [0.15, 0.2) is 0 Å². The molecule has 1 unspecified atom stereocenters. The fourth-order valence-corrected chi connectivity index (χ4v) is 1.95. The molecule has 1 heterocycles. The summed E-state index contributed by atoms with van der Waals surface area (Å²) in [4.78, 5) is 2.43. The lowest BCUT2D eigenvalue weighted by atomic mass is 10.2. The third-order valence-corrected chi connectivity index (χ3v) is 2.76. The molecule has 1 fully saturated rings. The number of nitrogens with one attached hydrogen (secondary N) is 1. The van der Waals surface area contributed by atoms with Crippen molar-refractivity contribution < 1.29 is 0 Å². The summed E-state index contributed by atoms with van der Waals surface area (Å²) in [6.45, 7) is 3.24. The molecule has 16 heavy (non-hydrogen) atoms. The van der Waals surface area contributed by atoms with Gasteiger partial charge < -0.3 is 0 Å². The largest absolute Gasteiger partial charge is 0.297 e. The first kappa shape index (κ1) is 15.7. The molecular weight excluding hydrogens is 245 g/mol. The van der Waals surface area contributed by atoms with Crippen LogP contribution in [0.3, 0.4) is 0 Å². The molecule has 5 heteroatoms. The van der Waals surface area contributed by atoms with Crippen LogP contribution >= 0.6 is 24.8 Å². The van der Waals surface area contributed by atoms with Gasteiger partial charge in [-0.05, 0) is 12.0 Å². The Hall–Kier alpha value is -0.320. The Morgan fingerprint density at radius 3 is 2.50 bits per heavy atom. The minimum Gasteiger partial charge on any atom is -0.297 e. The number of hydrazine groups is 1. The van der Waals surface area contributed by atoms with E-state index in [1.165, 1.54) is 5.56 Å². The third-order valence-electron chi connectivity index (χ3n) is 2.76. The molecule has 2 rings (SSSR count). The first-order valence-electron chi connectivity index (χ1n) is 5.11. The van der Waals surface area contributed by atoms with Crippen molar-refractivity contribution in [2.24, 2.45) is 5.84 Å². The molecule has 0 aromatic heterocycles. The second kappa shape index (κ2) is 7.87. The van der Waals surface area contributed by atoms with E-state index in [0.29, 0.717) is 6.04 Å². The molecule has 0 aliphatic carbocycles. The standard InChI is InChI=1S/C11H17N3.2ClH/c12-13-11-6-7-14(9-11)8-10-4-2-1-3-5-10;;/h1-5,11,13H,6-9,12H2;2*1H. The molecule has 0 radical (unpaired) electrons. The minimum atomic E-state index is 0. The van der Waals surface area contributed by atoms with Gasteiger partial charge in [-0.25, -0.2) is 0 Å². The van der Waals surface area contributed by atoms with Crippen LogP contribution in [0.15, 0.2) is 30.3 Å². The summed E-state index contributed by atoms with van der Waals surface area (Å²) < 4.78 is 0. The summed E-state index contributed by atoms with van der Waals surface area (Å²) in [5.41, 5.74) is 4.22. The van der Waals surface area contributed by atoms with Crippen LogP contribution in [0.4, 0.5) is 0 Å². The van der Waals surface area contributed by atoms with Crippen LogP contribution in [0, 0.1) is 0 Å². The SMILES string of the molecule is Cl.Cl.NNC1CCN(Cc2ccccc2)C1. The fourth-order valence-electron chi connectivity index (χ4n) is 1.95. The Kier molecular flexibility index (Phi) is 7.72. The van der Waals surface area contributed by atoms with Crippen LogP contribution in [0.25, 0.3) is 0 Å². The zero-order valence-corrected chi connectivity index (χ0v) is 10.8. The van der Waals surface area contributed by atoms with Gasteiger partial charge in [0, 0.05) is 25.7 Å². The summed E-state index contributed by atoms with van der Waals surface area (Å²) in [6.07, 6.45) is 1.16. The molecule has 3 N–H and O–H groups in total. The molecule has 3 nitrogen and oxygen atoms in total. The van der Waals surface area contributed by atoms with Crippen LogP contribution in [0.1, 0.15) is 12.0 Å². The van der Waals surface area contributed by atoms with Gasteiger partial charge in [-0.1, -0.05) is 30.3 Å². The van der Waals surface area contributed by atoms with E-state index in [9.17, 15) is 0 Å². The van der Waals surface area contributed by atoms with Crippen molar-refractivity contribution in [2.75, 3.05) is 13.1 Å². The molecule has 1 aromatic rings. The molecule has 0 amide bonds. The monoisotopic (exact) mass is 263 g/mol. The minimum absolute atomic E-state index is 0. The zero-order valence-electron chi connectivity index (χ0n) is 9.13. The first-order chi connectivity index (χ1) is 6.88. The lowest BCUT2D eigenvalue weighted by Gasteiger charge is -2.15. The van der Waals surface area contributed by atoms with Gasteiger partial charge in [0.2, 0.25) is 0 Å². The number of nitrogens with zero attached hydrogens (tertiary/aromatic N) is 1. The highest BCUT2D eigenvalue weighted by molar-refractivity contribution is 5.85. The van der Waals surface area contributed by atoms with Gasteiger partial charge in [0.05, 0.1) is 0 Å². The molecule has 1 saturated heterocycles. The van der Waals surface area contributed by atoms with Crippen LogP contribution in [-0.4, -0.2) is 24.0 Å². The Balaban J connectivity index is 0.00000112. The van der Waals surface area contributed by atoms with E-state index in [1.54, 1.807) is 0 Å². The first-order valence-corrected chi connectivity index (χ1v) is 5.11. The van der Waals surface area contributed by atoms with Gasteiger partial charge in [0.25, 0.3) is 0 Å². The smallest absolute Gasteiger partial charge is 0.0350 e. The van der Waals surface area contributed by atoms with Crippen molar-refractivity contribution in [2.45, 2.75) is 19.0 Å². The number of halogens is 2. The van der Waals surface area contributed by atoms with Crippen LogP contribution < -0.4 is 11.3 Å². The average Bonchev–Trinajstić information content (AvgIpc) is 2.67. The molecular formula is C11H19Cl2N3. The van der Waals surface area contributed by atoms with Gasteiger partial charge in [-0.15, -0.1) is 24.8 Å². The molecule has 92 valence electrons. The predicted octanol–water partition coefficient (Wildman–Crippen LogP) is 1.57. The summed E-state index contributed by atoms with van der Waals surface area (Å²) in [7, 11) is 0. The van der Waals surface area contributed by atoms with E-state index in [2.05, 4.69) is 40.7 Å². The summed E-state index contributed by atoms with van der Waals surface area (Å²) in [5.74, 6) is 5.41. The molecule has 0 bridgehead atoms. The van der Waals surface area contributed by atoms with Crippen molar-refractivity contribution in [3.8, 4) is 0 Å². The zero-order chi connectivity index (χ0) is 9.80. The fraction of sp³-hybridized carbons (Fsp3) is 0.455. The molecule has 1 aliphatic heterocycles. The molecule has 0 spiro atoms. The number of likely N-dealkylation sites (tertiary alicyclic amines) is 1. The maximum Gasteiger partial charge on any atom is 0.0350 e. The highest BCUT2D eigenvalue weighted by Gasteiger charge is 2.20. The summed E-state index contributed by atoms with van der Waals surface area (Å²) in [6, 6.07) is 11.0. The highest BCUT2D eigenvalue weighted by Crippen LogP contribution is 2.12. The van der Waals surface area contributed by atoms with Crippen molar-refractivity contribution in [1.82, 2.24) is 10.3 Å². The van der Waals surface area contributed by atoms with Gasteiger partial charge in [0.1, 0.15) is 0 Å². The lowest BCUT2D eigenvalue weighted by molar-refractivity contribution is 0.320. The maximum atomic E-state index is 5.41. The lowest BCUT2D eigenvalue weighted by Crippen LogP contribution is -2.37. The van der Waals surface area contributed by atoms with Crippen molar-refractivity contribution >= 4 is 24.8 Å². The number of benzene rings is 1. The van der Waals surface area contributed by atoms with E-state index in [0.717, 1.165) is 26.1 Å². The quantitative estimate of drug-likeness (QED) is 0.643. The Labute approximate surface area is 109 Å². The molecule has 0 saturated carbocycles. The van der Waals surface area contributed by atoms with E-state index in [4.69, 9.17) is 5.84 Å². The molecule has 1 aromatic carbocycles. The normalized spacial score (nSPS) is 19.9. The highest BCUT2D eigenvalue weighted by atomic mass is 35.5. The van der Waals surface area contributed by atoms with E-state index < -0.39 is 0 Å². The van der Waals surface area contributed by atoms with Crippen molar-refractivity contribution in [3.63, 3.8) is 0 Å². The number of hydrogen-bond acceptors (Lipinski definition) is 3. The Morgan fingerprint density at radius 2 is 1.94 bits per heavy atom. The van der Waals surface area contributed by atoms with Crippen LogP contribution in [0.2, 0.25) is 0 Å². The summed E-state index contributed by atoms with van der Waals surface area (Å²) >= 11 is 0. The summed E-state index contributed by atoms with van der Waals surface area (Å²) in [5, 5.41) is 0. The Morgan fingerprint density at radius 1 is 1.25 bits per heavy atom. The predicted molar refractivity (Wildman–Crippen MR) is 71.9 cm³/mol. The second-order valence-electron chi connectivity index (χ2n) is 3.87. The maximum absolute atomic E-state index is 5.41. The van der Waals surface area contributed by atoms with Crippen LogP contribution in [-0.2, 0) is 6.54 Å². The van der Waals surface area contributed by atoms with E-state index in [-0.39, 0.29) is 24.8 Å². The van der Waals surface area contributed by atoms with Crippen LogP contribution in [0.5, 0.6) is 0 Å². The number of hydrogen-bond donors (Lipinski definition) is 2. The average molecular weight is 264 g/mol. The van der Waals surface area contributed by atoms with Crippen molar-refractivity contribution in [1.29, 1.82) is 0 Å². The van der Waals surface area contributed by atoms with Gasteiger partial charge in [-0.3, -0.25) is 16.2 Å².